The third kappa shape index (κ3) is 3.58. The smallest absolute Gasteiger partial charge is 0.279 e. The fourth-order valence-corrected chi connectivity index (χ4v) is 3.81. The van der Waals surface area contributed by atoms with Gasteiger partial charge in [-0.2, -0.15) is 9.78 Å². The van der Waals surface area contributed by atoms with Crippen molar-refractivity contribution in [3.05, 3.63) is 94.9 Å². The van der Waals surface area contributed by atoms with Crippen molar-refractivity contribution in [1.29, 1.82) is 0 Å². The van der Waals surface area contributed by atoms with Crippen molar-refractivity contribution in [2.24, 2.45) is 0 Å². The van der Waals surface area contributed by atoms with Crippen molar-refractivity contribution in [1.82, 2.24) is 14.7 Å². The third-order valence-electron chi connectivity index (χ3n) is 5.40. The van der Waals surface area contributed by atoms with Gasteiger partial charge in [0.25, 0.3) is 11.5 Å². The number of benzene rings is 3. The van der Waals surface area contributed by atoms with Gasteiger partial charge < -0.3 is 14.4 Å². The lowest BCUT2D eigenvalue weighted by Gasteiger charge is -2.29. The van der Waals surface area contributed by atoms with E-state index in [1.807, 2.05) is 42.5 Å². The predicted molar refractivity (Wildman–Crippen MR) is 121 cm³/mol. The van der Waals surface area contributed by atoms with Gasteiger partial charge in [-0.15, -0.1) is 0 Å². The SMILES string of the molecule is CN(CC1COc2ccccc2O1)C(=O)c1nn(-c2ccccc2)c(=O)c2ccccc12. The molecule has 2 heterocycles. The summed E-state index contributed by atoms with van der Waals surface area (Å²) in [6.45, 7) is 0.653. The third-order valence-corrected chi connectivity index (χ3v) is 5.40. The molecule has 32 heavy (non-hydrogen) atoms. The molecule has 3 aromatic carbocycles. The molecule has 1 amide bonds. The first kappa shape index (κ1) is 19.8. The Bertz CT molecular complexity index is 1350. The monoisotopic (exact) mass is 427 g/mol. The maximum absolute atomic E-state index is 13.4. The number of likely N-dealkylation sites (N-methyl/N-ethyl adjacent to an activating group) is 1. The Labute approximate surface area is 184 Å². The Morgan fingerprint density at radius 2 is 1.62 bits per heavy atom. The molecule has 1 atom stereocenters. The Morgan fingerprint density at radius 3 is 2.41 bits per heavy atom. The summed E-state index contributed by atoms with van der Waals surface area (Å²) in [6, 6.07) is 23.6. The van der Waals surface area contributed by atoms with Gasteiger partial charge in [-0.05, 0) is 30.3 Å². The summed E-state index contributed by atoms with van der Waals surface area (Å²) in [7, 11) is 1.70. The van der Waals surface area contributed by atoms with Gasteiger partial charge in [0.1, 0.15) is 6.61 Å². The molecule has 160 valence electrons. The summed E-state index contributed by atoms with van der Waals surface area (Å²) in [5.41, 5.74) is 0.538. The maximum Gasteiger partial charge on any atom is 0.279 e. The van der Waals surface area contributed by atoms with E-state index in [2.05, 4.69) is 5.10 Å². The van der Waals surface area contributed by atoms with Gasteiger partial charge in [0.05, 0.1) is 17.6 Å². The number of carbonyl (C=O) groups excluding carboxylic acids is 1. The van der Waals surface area contributed by atoms with E-state index in [9.17, 15) is 9.59 Å². The van der Waals surface area contributed by atoms with E-state index in [4.69, 9.17) is 9.47 Å². The van der Waals surface area contributed by atoms with Crippen LogP contribution in [0.3, 0.4) is 0 Å². The van der Waals surface area contributed by atoms with E-state index in [0.717, 1.165) is 0 Å². The van der Waals surface area contributed by atoms with E-state index in [0.29, 0.717) is 41.1 Å². The van der Waals surface area contributed by atoms with Crippen LogP contribution in [0.15, 0.2) is 83.7 Å². The number of rotatable bonds is 4. The molecular weight excluding hydrogens is 406 g/mol. The molecule has 1 aliphatic heterocycles. The average Bonchev–Trinajstić information content (AvgIpc) is 2.84. The largest absolute Gasteiger partial charge is 0.486 e. The van der Waals surface area contributed by atoms with Gasteiger partial charge in [-0.1, -0.05) is 48.5 Å². The summed E-state index contributed by atoms with van der Waals surface area (Å²) < 4.78 is 13.0. The second-order valence-corrected chi connectivity index (χ2v) is 7.63. The second kappa shape index (κ2) is 8.19. The molecule has 1 aliphatic rings. The van der Waals surface area contributed by atoms with Crippen molar-refractivity contribution in [3.63, 3.8) is 0 Å². The van der Waals surface area contributed by atoms with E-state index in [1.165, 1.54) is 4.68 Å². The predicted octanol–water partition coefficient (Wildman–Crippen LogP) is 3.30. The number of fused-ring (bicyclic) bond motifs is 2. The number of hydrogen-bond donors (Lipinski definition) is 0. The zero-order valence-electron chi connectivity index (χ0n) is 17.5. The molecule has 1 unspecified atom stereocenters. The molecule has 0 bridgehead atoms. The summed E-state index contributed by atoms with van der Waals surface area (Å²) in [4.78, 5) is 28.0. The lowest BCUT2D eigenvalue weighted by molar-refractivity contribution is 0.0517. The Morgan fingerprint density at radius 1 is 0.969 bits per heavy atom. The van der Waals surface area contributed by atoms with Gasteiger partial charge in [-0.25, -0.2) is 0 Å². The van der Waals surface area contributed by atoms with Crippen LogP contribution >= 0.6 is 0 Å². The van der Waals surface area contributed by atoms with Crippen LogP contribution in [0, 0.1) is 0 Å². The summed E-state index contributed by atoms with van der Waals surface area (Å²) in [6.07, 6.45) is -0.315. The molecule has 0 spiro atoms. The topological polar surface area (TPSA) is 73.7 Å². The van der Waals surface area contributed by atoms with Crippen LogP contribution in [0.1, 0.15) is 10.5 Å². The number of hydrogen-bond acceptors (Lipinski definition) is 5. The van der Waals surface area contributed by atoms with Crippen LogP contribution < -0.4 is 15.0 Å². The normalized spacial score (nSPS) is 14.8. The zero-order chi connectivity index (χ0) is 22.1. The lowest BCUT2D eigenvalue weighted by Crippen LogP contribution is -2.42. The molecule has 7 nitrogen and oxygen atoms in total. The van der Waals surface area contributed by atoms with Gasteiger partial charge >= 0.3 is 0 Å². The number of carbonyl (C=O) groups is 1. The Balaban J connectivity index is 1.48. The molecule has 0 radical (unpaired) electrons. The van der Waals surface area contributed by atoms with Crippen LogP contribution in [-0.4, -0.2) is 46.9 Å². The zero-order valence-corrected chi connectivity index (χ0v) is 17.5. The highest BCUT2D eigenvalue weighted by atomic mass is 16.6. The number of nitrogens with zero attached hydrogens (tertiary/aromatic N) is 3. The van der Waals surface area contributed by atoms with E-state index >= 15 is 0 Å². The van der Waals surface area contributed by atoms with Crippen molar-refractivity contribution < 1.29 is 14.3 Å². The Hall–Kier alpha value is -4.13. The van der Waals surface area contributed by atoms with Crippen LogP contribution in [0.25, 0.3) is 16.5 Å². The van der Waals surface area contributed by atoms with Crippen molar-refractivity contribution >= 4 is 16.7 Å². The van der Waals surface area contributed by atoms with E-state index in [-0.39, 0.29) is 23.3 Å². The summed E-state index contributed by atoms with van der Waals surface area (Å²) in [5, 5.41) is 5.42. The molecule has 0 aliphatic carbocycles. The van der Waals surface area contributed by atoms with Crippen molar-refractivity contribution in [2.75, 3.05) is 20.2 Å². The highest BCUT2D eigenvalue weighted by Crippen LogP contribution is 2.31. The molecule has 0 saturated carbocycles. The minimum atomic E-state index is -0.315. The van der Waals surface area contributed by atoms with Crippen molar-refractivity contribution in [2.45, 2.75) is 6.10 Å². The molecule has 0 N–H and O–H groups in total. The highest BCUT2D eigenvalue weighted by Gasteiger charge is 2.26. The molecule has 1 aromatic heterocycles. The quantitative estimate of drug-likeness (QED) is 0.500. The van der Waals surface area contributed by atoms with E-state index < -0.39 is 0 Å². The molecule has 0 saturated heterocycles. The summed E-state index contributed by atoms with van der Waals surface area (Å²) in [5.74, 6) is 1.06. The first-order valence-corrected chi connectivity index (χ1v) is 10.3. The number of ether oxygens (including phenoxy) is 2. The number of para-hydroxylation sites is 3. The minimum absolute atomic E-state index is 0.212. The standard InChI is InChI=1S/C25H21N3O4/c1-27(15-18-16-31-21-13-7-8-14-22(21)32-18)25(30)23-19-11-5-6-12-20(19)24(29)28(26-23)17-9-3-2-4-10-17/h2-14,18H,15-16H2,1H3. The average molecular weight is 427 g/mol. The molecule has 0 fully saturated rings. The second-order valence-electron chi connectivity index (χ2n) is 7.63. The van der Waals surface area contributed by atoms with Gasteiger partial charge in [0.15, 0.2) is 23.3 Å². The fraction of sp³-hybridized carbons (Fsp3) is 0.160. The lowest BCUT2D eigenvalue weighted by atomic mass is 10.1. The molecular formula is C25H21N3O4. The van der Waals surface area contributed by atoms with Gasteiger partial charge in [0, 0.05) is 12.4 Å². The maximum atomic E-state index is 13.4. The van der Waals surface area contributed by atoms with Gasteiger partial charge in [0.2, 0.25) is 0 Å². The first-order valence-electron chi connectivity index (χ1n) is 10.3. The molecule has 7 heteroatoms. The van der Waals surface area contributed by atoms with Crippen molar-refractivity contribution in [3.8, 4) is 17.2 Å². The first-order chi connectivity index (χ1) is 15.6. The van der Waals surface area contributed by atoms with Crippen LogP contribution in [-0.2, 0) is 0 Å². The van der Waals surface area contributed by atoms with E-state index in [1.54, 1.807) is 48.3 Å². The minimum Gasteiger partial charge on any atom is -0.486 e. The van der Waals surface area contributed by atoms with Gasteiger partial charge in [-0.3, -0.25) is 9.59 Å². The molecule has 5 rings (SSSR count). The number of amides is 1. The highest BCUT2D eigenvalue weighted by molar-refractivity contribution is 6.04. The van der Waals surface area contributed by atoms with Crippen LogP contribution in [0.5, 0.6) is 11.5 Å². The fourth-order valence-electron chi connectivity index (χ4n) is 3.81. The number of aromatic nitrogens is 2. The van der Waals surface area contributed by atoms with Crippen LogP contribution in [0.2, 0.25) is 0 Å². The summed E-state index contributed by atoms with van der Waals surface area (Å²) >= 11 is 0. The van der Waals surface area contributed by atoms with Crippen LogP contribution in [0.4, 0.5) is 0 Å². The molecule has 4 aromatic rings. The Kier molecular flexibility index (Phi) is 5.07.